The van der Waals surface area contributed by atoms with Gasteiger partial charge in [0.2, 0.25) is 0 Å². The monoisotopic (exact) mass is 281 g/mol. The van der Waals surface area contributed by atoms with Gasteiger partial charge >= 0.3 is 0 Å². The van der Waals surface area contributed by atoms with Crippen LogP contribution in [0.5, 0.6) is 0 Å². The molecule has 1 aromatic carbocycles. The highest BCUT2D eigenvalue weighted by atomic mass is 35.5. The van der Waals surface area contributed by atoms with Gasteiger partial charge in [-0.25, -0.2) is 0 Å². The SMILES string of the molecule is Clc1cc(Cl)cc(-c2ccc(CNC3CC3)o2)c1. The highest BCUT2D eigenvalue weighted by Crippen LogP contribution is 2.29. The lowest BCUT2D eigenvalue weighted by atomic mass is 10.2. The molecule has 1 fully saturated rings. The summed E-state index contributed by atoms with van der Waals surface area (Å²) in [6.45, 7) is 0.777. The van der Waals surface area contributed by atoms with Crippen molar-refractivity contribution >= 4 is 23.2 Å². The van der Waals surface area contributed by atoms with E-state index in [-0.39, 0.29) is 0 Å². The van der Waals surface area contributed by atoms with Gasteiger partial charge in [-0.15, -0.1) is 0 Å². The van der Waals surface area contributed by atoms with Crippen LogP contribution >= 0.6 is 23.2 Å². The molecule has 3 rings (SSSR count). The summed E-state index contributed by atoms with van der Waals surface area (Å²) in [7, 11) is 0. The van der Waals surface area contributed by atoms with Crippen molar-refractivity contribution in [1.29, 1.82) is 0 Å². The number of hydrogen-bond donors (Lipinski definition) is 1. The molecule has 0 unspecified atom stereocenters. The van der Waals surface area contributed by atoms with Crippen molar-refractivity contribution in [3.63, 3.8) is 0 Å². The second-order valence-electron chi connectivity index (χ2n) is 4.58. The van der Waals surface area contributed by atoms with Crippen molar-refractivity contribution < 1.29 is 4.42 Å². The maximum Gasteiger partial charge on any atom is 0.134 e. The molecule has 1 N–H and O–H groups in total. The average molecular weight is 282 g/mol. The summed E-state index contributed by atoms with van der Waals surface area (Å²) in [6, 6.07) is 10.0. The fourth-order valence-corrected chi connectivity index (χ4v) is 2.38. The minimum atomic E-state index is 0.617. The van der Waals surface area contributed by atoms with E-state index in [0.29, 0.717) is 16.1 Å². The fourth-order valence-electron chi connectivity index (χ4n) is 1.86. The predicted octanol–water partition coefficient (Wildman–Crippen LogP) is 4.51. The Kier molecular flexibility index (Phi) is 3.33. The first-order chi connectivity index (χ1) is 8.70. The molecule has 0 atom stereocenters. The van der Waals surface area contributed by atoms with Crippen molar-refractivity contribution in [2.45, 2.75) is 25.4 Å². The van der Waals surface area contributed by atoms with Crippen LogP contribution in [0.3, 0.4) is 0 Å². The molecule has 0 saturated heterocycles. The third-order valence-electron chi connectivity index (χ3n) is 2.95. The Morgan fingerprint density at radius 3 is 2.50 bits per heavy atom. The van der Waals surface area contributed by atoms with Crippen LogP contribution in [0.25, 0.3) is 11.3 Å². The summed E-state index contributed by atoms with van der Waals surface area (Å²) in [5, 5.41) is 4.65. The molecule has 0 radical (unpaired) electrons. The van der Waals surface area contributed by atoms with Gasteiger partial charge in [0.1, 0.15) is 11.5 Å². The number of halogens is 2. The summed E-state index contributed by atoms with van der Waals surface area (Å²) in [4.78, 5) is 0. The molecular weight excluding hydrogens is 269 g/mol. The molecule has 0 aliphatic heterocycles. The van der Waals surface area contributed by atoms with Crippen molar-refractivity contribution in [1.82, 2.24) is 5.32 Å². The van der Waals surface area contributed by atoms with E-state index >= 15 is 0 Å². The zero-order chi connectivity index (χ0) is 12.5. The van der Waals surface area contributed by atoms with Crippen LogP contribution in [-0.2, 0) is 6.54 Å². The first-order valence-electron chi connectivity index (χ1n) is 5.99. The van der Waals surface area contributed by atoms with Gasteiger partial charge in [-0.1, -0.05) is 23.2 Å². The maximum atomic E-state index is 5.98. The molecule has 94 valence electrons. The Morgan fingerprint density at radius 2 is 1.83 bits per heavy atom. The standard InChI is InChI=1S/C14H13Cl2NO/c15-10-5-9(6-11(16)7-10)14-4-3-13(18-14)8-17-12-1-2-12/h3-7,12,17H,1-2,8H2. The molecule has 1 aromatic heterocycles. The zero-order valence-electron chi connectivity index (χ0n) is 9.75. The molecule has 0 amide bonds. The van der Waals surface area contributed by atoms with Crippen LogP contribution in [0, 0.1) is 0 Å². The summed E-state index contributed by atoms with van der Waals surface area (Å²) >= 11 is 12.0. The first kappa shape index (κ1) is 12.1. The number of benzene rings is 1. The van der Waals surface area contributed by atoms with Crippen molar-refractivity contribution in [2.75, 3.05) is 0 Å². The normalized spacial score (nSPS) is 15.0. The number of nitrogens with one attached hydrogen (secondary N) is 1. The van der Waals surface area contributed by atoms with Gasteiger partial charge in [0.15, 0.2) is 0 Å². The average Bonchev–Trinajstić information content (AvgIpc) is 3.02. The van der Waals surface area contributed by atoms with Crippen LogP contribution in [0.4, 0.5) is 0 Å². The molecule has 2 nitrogen and oxygen atoms in total. The van der Waals surface area contributed by atoms with E-state index in [1.807, 2.05) is 24.3 Å². The Hall–Kier alpha value is -0.960. The number of hydrogen-bond acceptors (Lipinski definition) is 2. The van der Waals surface area contributed by atoms with Crippen LogP contribution < -0.4 is 5.32 Å². The smallest absolute Gasteiger partial charge is 0.134 e. The molecule has 18 heavy (non-hydrogen) atoms. The van der Waals surface area contributed by atoms with Gasteiger partial charge < -0.3 is 9.73 Å². The van der Waals surface area contributed by atoms with Crippen molar-refractivity contribution in [3.8, 4) is 11.3 Å². The van der Waals surface area contributed by atoms with Gasteiger partial charge in [0.05, 0.1) is 6.54 Å². The highest BCUT2D eigenvalue weighted by molar-refractivity contribution is 6.35. The van der Waals surface area contributed by atoms with E-state index in [1.165, 1.54) is 12.8 Å². The number of furan rings is 1. The van der Waals surface area contributed by atoms with Crippen LogP contribution in [0.2, 0.25) is 10.0 Å². The molecule has 1 aliphatic rings. The molecule has 1 heterocycles. The van der Waals surface area contributed by atoms with Crippen molar-refractivity contribution in [2.24, 2.45) is 0 Å². The molecule has 1 saturated carbocycles. The van der Waals surface area contributed by atoms with Crippen LogP contribution in [0.1, 0.15) is 18.6 Å². The second kappa shape index (κ2) is 4.96. The van der Waals surface area contributed by atoms with E-state index in [1.54, 1.807) is 6.07 Å². The minimum absolute atomic E-state index is 0.617. The van der Waals surface area contributed by atoms with Crippen LogP contribution in [-0.4, -0.2) is 6.04 Å². The Bertz CT molecular complexity index is 540. The molecule has 0 bridgehead atoms. The lowest BCUT2D eigenvalue weighted by molar-refractivity contribution is 0.492. The maximum absolute atomic E-state index is 5.98. The highest BCUT2D eigenvalue weighted by Gasteiger charge is 2.20. The molecule has 4 heteroatoms. The molecule has 2 aromatic rings. The van der Waals surface area contributed by atoms with Gasteiger partial charge in [0, 0.05) is 21.7 Å². The van der Waals surface area contributed by atoms with E-state index in [4.69, 9.17) is 27.6 Å². The van der Waals surface area contributed by atoms with Crippen molar-refractivity contribution in [3.05, 3.63) is 46.1 Å². The zero-order valence-corrected chi connectivity index (χ0v) is 11.3. The van der Waals surface area contributed by atoms with E-state index in [2.05, 4.69) is 5.32 Å². The lowest BCUT2D eigenvalue weighted by Gasteiger charge is -2.01. The molecular formula is C14H13Cl2NO. The van der Waals surface area contributed by atoms with Gasteiger partial charge in [-0.2, -0.15) is 0 Å². The third-order valence-corrected chi connectivity index (χ3v) is 3.39. The fraction of sp³-hybridized carbons (Fsp3) is 0.286. The largest absolute Gasteiger partial charge is 0.460 e. The summed E-state index contributed by atoms with van der Waals surface area (Å²) in [6.07, 6.45) is 2.55. The van der Waals surface area contributed by atoms with Gasteiger partial charge in [-0.3, -0.25) is 0 Å². The Balaban J connectivity index is 1.78. The van der Waals surface area contributed by atoms with E-state index < -0.39 is 0 Å². The first-order valence-corrected chi connectivity index (χ1v) is 6.75. The van der Waals surface area contributed by atoms with E-state index in [9.17, 15) is 0 Å². The van der Waals surface area contributed by atoms with Gasteiger partial charge in [0.25, 0.3) is 0 Å². The van der Waals surface area contributed by atoms with E-state index in [0.717, 1.165) is 23.6 Å². The predicted molar refractivity (Wildman–Crippen MR) is 74.0 cm³/mol. The Labute approximate surface area is 116 Å². The number of rotatable bonds is 4. The minimum Gasteiger partial charge on any atom is -0.460 e. The Morgan fingerprint density at radius 1 is 1.11 bits per heavy atom. The molecule has 0 spiro atoms. The molecule has 1 aliphatic carbocycles. The lowest BCUT2D eigenvalue weighted by Crippen LogP contribution is -2.14. The topological polar surface area (TPSA) is 25.2 Å². The van der Waals surface area contributed by atoms with Crippen LogP contribution in [0.15, 0.2) is 34.7 Å². The summed E-state index contributed by atoms with van der Waals surface area (Å²) in [5.74, 6) is 1.74. The second-order valence-corrected chi connectivity index (χ2v) is 5.45. The summed E-state index contributed by atoms with van der Waals surface area (Å²) in [5.41, 5.74) is 0.908. The van der Waals surface area contributed by atoms with Gasteiger partial charge in [-0.05, 0) is 43.2 Å². The summed E-state index contributed by atoms with van der Waals surface area (Å²) < 4.78 is 5.78. The quantitative estimate of drug-likeness (QED) is 0.892. The third kappa shape index (κ3) is 2.89.